The molecule has 1 heteroatoms. The summed E-state index contributed by atoms with van der Waals surface area (Å²) in [6.45, 7) is 4.36. The summed E-state index contributed by atoms with van der Waals surface area (Å²) in [6.07, 6.45) is 2.33. The van der Waals surface area contributed by atoms with E-state index in [1.165, 1.54) is 16.7 Å². The van der Waals surface area contributed by atoms with Crippen molar-refractivity contribution in [3.8, 4) is 0 Å². The Morgan fingerprint density at radius 3 is 2.69 bits per heavy atom. The Morgan fingerprint density at radius 1 is 1.23 bits per heavy atom. The molecule has 13 heavy (non-hydrogen) atoms. The van der Waals surface area contributed by atoms with E-state index in [-0.39, 0.29) is 9.52 Å². The van der Waals surface area contributed by atoms with Gasteiger partial charge >= 0.3 is 0 Å². The van der Waals surface area contributed by atoms with Crippen LogP contribution in [0.15, 0.2) is 35.5 Å². The standard InChI is InChI=1S/C12H14Si/c1-9(2)8-13-12-7-10-5-3-4-6-11(10)12/h3-8H,13H2,1-2H3. The molecule has 1 aliphatic rings. The van der Waals surface area contributed by atoms with Gasteiger partial charge in [-0.3, -0.25) is 0 Å². The number of benzene rings is 1. The van der Waals surface area contributed by atoms with E-state index in [0.717, 1.165) is 0 Å². The zero-order valence-electron chi connectivity index (χ0n) is 8.17. The zero-order valence-corrected chi connectivity index (χ0v) is 9.59. The number of hydrogen-bond donors (Lipinski definition) is 0. The van der Waals surface area contributed by atoms with Crippen LogP contribution >= 0.6 is 0 Å². The summed E-state index contributed by atoms with van der Waals surface area (Å²) >= 11 is 0. The molecule has 2 rings (SSSR count). The summed E-state index contributed by atoms with van der Waals surface area (Å²) < 4.78 is 0. The van der Waals surface area contributed by atoms with E-state index in [9.17, 15) is 0 Å². The van der Waals surface area contributed by atoms with Crippen molar-refractivity contribution in [2.75, 3.05) is 0 Å². The summed E-state index contributed by atoms with van der Waals surface area (Å²) in [4.78, 5) is 0. The predicted molar refractivity (Wildman–Crippen MR) is 62.3 cm³/mol. The number of hydrogen-bond acceptors (Lipinski definition) is 0. The quantitative estimate of drug-likeness (QED) is 0.623. The smallest absolute Gasteiger partial charge is 0.0790 e. The topological polar surface area (TPSA) is 0 Å². The predicted octanol–water partition coefficient (Wildman–Crippen LogP) is 2.59. The van der Waals surface area contributed by atoms with Crippen LogP contribution < -0.4 is 0 Å². The summed E-state index contributed by atoms with van der Waals surface area (Å²) in [5, 5.41) is 1.61. The molecule has 0 spiro atoms. The number of rotatable bonds is 2. The Kier molecular flexibility index (Phi) is 2.19. The second-order valence-electron chi connectivity index (χ2n) is 3.74. The van der Waals surface area contributed by atoms with Crippen molar-refractivity contribution in [1.29, 1.82) is 0 Å². The monoisotopic (exact) mass is 186 g/mol. The van der Waals surface area contributed by atoms with Crippen LogP contribution in [0, 0.1) is 0 Å². The van der Waals surface area contributed by atoms with Crippen LogP contribution in [-0.2, 0) is 0 Å². The lowest BCUT2D eigenvalue weighted by Gasteiger charge is -2.18. The third kappa shape index (κ3) is 1.65. The molecule has 0 radical (unpaired) electrons. The highest BCUT2D eigenvalue weighted by Crippen LogP contribution is 2.30. The number of allylic oxidation sites excluding steroid dienone is 1. The van der Waals surface area contributed by atoms with Crippen molar-refractivity contribution in [2.45, 2.75) is 13.8 Å². The molecule has 0 unspecified atom stereocenters. The van der Waals surface area contributed by atoms with Crippen molar-refractivity contribution < 1.29 is 0 Å². The van der Waals surface area contributed by atoms with Gasteiger partial charge in [-0.25, -0.2) is 0 Å². The number of fused-ring (bicyclic) bond motifs is 1. The van der Waals surface area contributed by atoms with Gasteiger partial charge in [-0.15, -0.1) is 0 Å². The molecule has 0 saturated carbocycles. The third-order valence-corrected chi connectivity index (χ3v) is 4.41. The molecular weight excluding hydrogens is 172 g/mol. The molecule has 0 aliphatic heterocycles. The molecule has 0 nitrogen and oxygen atoms in total. The summed E-state index contributed by atoms with van der Waals surface area (Å²) in [7, 11) is -0.135. The van der Waals surface area contributed by atoms with E-state index in [1.807, 2.05) is 0 Å². The van der Waals surface area contributed by atoms with Gasteiger partial charge in [-0.2, -0.15) is 0 Å². The molecule has 0 fully saturated rings. The maximum absolute atomic E-state index is 2.42. The zero-order chi connectivity index (χ0) is 9.26. The molecule has 0 amide bonds. The average Bonchev–Trinajstić information content (AvgIpc) is 2.06. The van der Waals surface area contributed by atoms with Gasteiger partial charge in [0.2, 0.25) is 0 Å². The van der Waals surface area contributed by atoms with E-state index in [0.29, 0.717) is 0 Å². The second kappa shape index (κ2) is 3.34. The van der Waals surface area contributed by atoms with Gasteiger partial charge in [0.25, 0.3) is 0 Å². The molecule has 1 aliphatic carbocycles. The van der Waals surface area contributed by atoms with Gasteiger partial charge in [0.05, 0.1) is 9.52 Å². The highest BCUT2D eigenvalue weighted by molar-refractivity contribution is 6.68. The van der Waals surface area contributed by atoms with E-state index in [1.54, 1.807) is 5.20 Å². The molecule has 0 N–H and O–H groups in total. The molecule has 1 aromatic carbocycles. The molecule has 0 saturated heterocycles. The van der Waals surface area contributed by atoms with E-state index < -0.39 is 0 Å². The Bertz CT molecular complexity index is 382. The Hall–Kier alpha value is -1.08. The van der Waals surface area contributed by atoms with Crippen molar-refractivity contribution in [3.05, 3.63) is 46.7 Å². The van der Waals surface area contributed by atoms with Gasteiger partial charge in [0, 0.05) is 0 Å². The maximum atomic E-state index is 2.42. The van der Waals surface area contributed by atoms with Crippen LogP contribution in [0.5, 0.6) is 0 Å². The van der Waals surface area contributed by atoms with Crippen LogP contribution in [0.1, 0.15) is 25.0 Å². The lowest BCUT2D eigenvalue weighted by atomic mass is 9.98. The van der Waals surface area contributed by atoms with E-state index >= 15 is 0 Å². The SMILES string of the molecule is CC(C)=C[SiH2]C1=Cc2ccccc21. The molecular formula is C12H14Si. The summed E-state index contributed by atoms with van der Waals surface area (Å²) in [5.41, 5.74) is 6.79. The minimum absolute atomic E-state index is 0.135. The Labute approximate surface area is 81.8 Å². The summed E-state index contributed by atoms with van der Waals surface area (Å²) in [5.74, 6) is 0. The van der Waals surface area contributed by atoms with Gasteiger partial charge < -0.3 is 0 Å². The maximum Gasteiger partial charge on any atom is 0.0790 e. The highest BCUT2D eigenvalue weighted by Gasteiger charge is 2.13. The van der Waals surface area contributed by atoms with Crippen LogP contribution in [0.2, 0.25) is 0 Å². The Balaban J connectivity index is 2.12. The first-order chi connectivity index (χ1) is 6.27. The second-order valence-corrected chi connectivity index (χ2v) is 5.32. The van der Waals surface area contributed by atoms with Gasteiger partial charge in [0.1, 0.15) is 0 Å². The van der Waals surface area contributed by atoms with Gasteiger partial charge in [0.15, 0.2) is 0 Å². The molecule has 66 valence electrons. The molecule has 0 atom stereocenters. The lowest BCUT2D eigenvalue weighted by molar-refractivity contribution is 1.41. The average molecular weight is 186 g/mol. The van der Waals surface area contributed by atoms with Crippen molar-refractivity contribution in [1.82, 2.24) is 0 Å². The fraction of sp³-hybridized carbons (Fsp3) is 0.167. The third-order valence-electron chi connectivity index (χ3n) is 2.37. The first-order valence-electron chi connectivity index (χ1n) is 4.71. The van der Waals surface area contributed by atoms with Crippen LogP contribution in [-0.4, -0.2) is 9.52 Å². The normalized spacial score (nSPS) is 13.5. The van der Waals surface area contributed by atoms with Crippen molar-refractivity contribution in [3.63, 3.8) is 0 Å². The van der Waals surface area contributed by atoms with Gasteiger partial charge in [-0.05, 0) is 25.0 Å². The minimum atomic E-state index is -0.135. The van der Waals surface area contributed by atoms with E-state index in [4.69, 9.17) is 0 Å². The lowest BCUT2D eigenvalue weighted by Crippen LogP contribution is -2.03. The molecule has 1 aromatic rings. The molecule has 0 heterocycles. The first-order valence-corrected chi connectivity index (χ1v) is 6.23. The molecule has 0 bridgehead atoms. The fourth-order valence-corrected chi connectivity index (χ4v) is 3.09. The Morgan fingerprint density at radius 2 is 2.00 bits per heavy atom. The van der Waals surface area contributed by atoms with Gasteiger partial charge in [-0.1, -0.05) is 46.8 Å². The van der Waals surface area contributed by atoms with Crippen LogP contribution in [0.3, 0.4) is 0 Å². The fourth-order valence-electron chi connectivity index (χ4n) is 1.59. The highest BCUT2D eigenvalue weighted by atomic mass is 28.2. The van der Waals surface area contributed by atoms with Crippen LogP contribution in [0.4, 0.5) is 0 Å². The van der Waals surface area contributed by atoms with Crippen molar-refractivity contribution >= 4 is 20.8 Å². The first kappa shape index (κ1) is 8.51. The van der Waals surface area contributed by atoms with Crippen molar-refractivity contribution in [2.24, 2.45) is 0 Å². The van der Waals surface area contributed by atoms with E-state index in [2.05, 4.69) is 49.9 Å². The largest absolute Gasteiger partial charge is 0.0974 e. The molecule has 0 aromatic heterocycles. The minimum Gasteiger partial charge on any atom is -0.0974 e. The summed E-state index contributed by atoms with van der Waals surface area (Å²) in [6, 6.07) is 8.66. The van der Waals surface area contributed by atoms with Crippen LogP contribution in [0.25, 0.3) is 11.3 Å².